The van der Waals surface area contributed by atoms with Crippen LogP contribution < -0.4 is 0 Å². The minimum atomic E-state index is -3.87. The van der Waals surface area contributed by atoms with Crippen LogP contribution in [0.3, 0.4) is 0 Å². The fraction of sp³-hybridized carbons (Fsp3) is 0.179. The highest BCUT2D eigenvalue weighted by molar-refractivity contribution is 7.89. The number of fused-ring (bicyclic) bond motifs is 1. The van der Waals surface area contributed by atoms with E-state index < -0.39 is 21.4 Å². The SMILES string of the molecule is COC(=O)C12C=C(c3ccccc3)OC(c3ccccc3)=C1CN(S(=O)(=O)c1ccc(C)cc1)C2. The first-order valence-electron chi connectivity index (χ1n) is 11.3. The van der Waals surface area contributed by atoms with E-state index in [1.54, 1.807) is 30.3 Å². The molecule has 3 aromatic carbocycles. The van der Waals surface area contributed by atoms with Crippen molar-refractivity contribution in [2.75, 3.05) is 20.2 Å². The molecule has 2 aliphatic rings. The van der Waals surface area contributed by atoms with E-state index in [-0.39, 0.29) is 18.0 Å². The molecule has 2 heterocycles. The summed E-state index contributed by atoms with van der Waals surface area (Å²) in [7, 11) is -2.56. The molecule has 35 heavy (non-hydrogen) atoms. The topological polar surface area (TPSA) is 72.9 Å². The Morgan fingerprint density at radius 2 is 1.51 bits per heavy atom. The van der Waals surface area contributed by atoms with Gasteiger partial charge in [0, 0.05) is 29.8 Å². The highest BCUT2D eigenvalue weighted by Crippen LogP contribution is 2.50. The van der Waals surface area contributed by atoms with E-state index in [1.165, 1.54) is 11.4 Å². The van der Waals surface area contributed by atoms with Crippen molar-refractivity contribution in [3.63, 3.8) is 0 Å². The summed E-state index contributed by atoms with van der Waals surface area (Å²) in [6, 6.07) is 25.6. The fourth-order valence-electron chi connectivity index (χ4n) is 4.60. The number of aryl methyl sites for hydroxylation is 1. The van der Waals surface area contributed by atoms with Crippen molar-refractivity contribution in [1.82, 2.24) is 4.31 Å². The van der Waals surface area contributed by atoms with Gasteiger partial charge < -0.3 is 9.47 Å². The van der Waals surface area contributed by atoms with Gasteiger partial charge in [-0.1, -0.05) is 78.4 Å². The third-order valence-electron chi connectivity index (χ3n) is 6.47. The number of carbonyl (C=O) groups excluding carboxylic acids is 1. The van der Waals surface area contributed by atoms with Gasteiger partial charge in [0.1, 0.15) is 16.9 Å². The van der Waals surface area contributed by atoms with Gasteiger partial charge in [-0.25, -0.2) is 8.42 Å². The van der Waals surface area contributed by atoms with Gasteiger partial charge in [0.2, 0.25) is 10.0 Å². The zero-order chi connectivity index (χ0) is 24.6. The molecule has 1 unspecified atom stereocenters. The monoisotopic (exact) mass is 487 g/mol. The lowest BCUT2D eigenvalue weighted by Crippen LogP contribution is -2.38. The Balaban J connectivity index is 1.70. The van der Waals surface area contributed by atoms with Crippen LogP contribution in [0.2, 0.25) is 0 Å². The molecule has 0 spiro atoms. The minimum absolute atomic E-state index is 0.00804. The average Bonchev–Trinajstić information content (AvgIpc) is 3.31. The molecule has 0 saturated carbocycles. The summed E-state index contributed by atoms with van der Waals surface area (Å²) in [6.45, 7) is 1.83. The van der Waals surface area contributed by atoms with Crippen LogP contribution in [0.25, 0.3) is 11.5 Å². The van der Waals surface area contributed by atoms with Crippen molar-refractivity contribution in [3.8, 4) is 0 Å². The van der Waals surface area contributed by atoms with E-state index in [2.05, 4.69) is 0 Å². The van der Waals surface area contributed by atoms with E-state index in [0.29, 0.717) is 17.1 Å². The van der Waals surface area contributed by atoms with Crippen LogP contribution in [0.15, 0.2) is 101 Å². The molecule has 178 valence electrons. The summed E-state index contributed by atoms with van der Waals surface area (Å²) in [5.74, 6) is 0.423. The molecule has 0 aromatic heterocycles. The van der Waals surface area contributed by atoms with E-state index in [9.17, 15) is 13.2 Å². The molecular weight excluding hydrogens is 462 g/mol. The second kappa shape index (κ2) is 8.83. The maximum atomic E-state index is 13.6. The number of benzene rings is 3. The van der Waals surface area contributed by atoms with Crippen molar-refractivity contribution in [2.45, 2.75) is 11.8 Å². The van der Waals surface area contributed by atoms with Crippen molar-refractivity contribution in [2.24, 2.45) is 5.41 Å². The molecule has 0 aliphatic carbocycles. The summed E-state index contributed by atoms with van der Waals surface area (Å²) in [4.78, 5) is 13.6. The van der Waals surface area contributed by atoms with E-state index in [1.807, 2.05) is 67.6 Å². The smallest absolute Gasteiger partial charge is 0.321 e. The number of methoxy groups -OCH3 is 1. The number of esters is 1. The van der Waals surface area contributed by atoms with Gasteiger partial charge in [0.15, 0.2) is 0 Å². The van der Waals surface area contributed by atoms with Gasteiger partial charge in [-0.3, -0.25) is 4.79 Å². The highest BCUT2D eigenvalue weighted by Gasteiger charge is 2.55. The van der Waals surface area contributed by atoms with Crippen LogP contribution >= 0.6 is 0 Å². The molecule has 3 aromatic rings. The third kappa shape index (κ3) is 3.96. The molecule has 5 rings (SSSR count). The van der Waals surface area contributed by atoms with Gasteiger partial charge in [-0.05, 0) is 25.1 Å². The number of sulfonamides is 1. The normalized spacial score (nSPS) is 20.1. The largest absolute Gasteiger partial charge is 0.468 e. The number of ether oxygens (including phenoxy) is 2. The lowest BCUT2D eigenvalue weighted by molar-refractivity contribution is -0.147. The summed E-state index contributed by atoms with van der Waals surface area (Å²) < 4.78 is 40.2. The molecule has 0 amide bonds. The summed E-state index contributed by atoms with van der Waals surface area (Å²) in [5.41, 5.74) is 1.74. The third-order valence-corrected chi connectivity index (χ3v) is 8.27. The molecule has 1 fully saturated rings. The van der Waals surface area contributed by atoms with Crippen molar-refractivity contribution < 1.29 is 22.7 Å². The number of carbonyl (C=O) groups is 1. The van der Waals surface area contributed by atoms with Crippen molar-refractivity contribution in [3.05, 3.63) is 113 Å². The Kier molecular flexibility index (Phi) is 5.83. The Bertz CT molecular complexity index is 1430. The van der Waals surface area contributed by atoms with Crippen LogP contribution in [0.4, 0.5) is 0 Å². The number of nitrogens with zero attached hydrogens (tertiary/aromatic N) is 1. The van der Waals surface area contributed by atoms with Crippen molar-refractivity contribution in [1.29, 1.82) is 0 Å². The predicted molar refractivity (Wildman–Crippen MR) is 133 cm³/mol. The minimum Gasteiger partial charge on any atom is -0.468 e. The van der Waals surface area contributed by atoms with E-state index in [4.69, 9.17) is 9.47 Å². The molecular formula is C28H25NO5S. The highest BCUT2D eigenvalue weighted by atomic mass is 32.2. The first-order chi connectivity index (χ1) is 16.8. The lowest BCUT2D eigenvalue weighted by Gasteiger charge is -2.31. The first-order valence-corrected chi connectivity index (χ1v) is 12.7. The molecule has 7 heteroatoms. The van der Waals surface area contributed by atoms with Crippen LogP contribution in [0.5, 0.6) is 0 Å². The molecule has 6 nitrogen and oxygen atoms in total. The standard InChI is InChI=1S/C28H25NO5S/c1-20-13-15-23(16-14-20)35(31,32)29-18-24-26(22-11-7-4-8-12-22)34-25(21-9-5-3-6-10-21)17-28(24,19-29)27(30)33-2/h3-17H,18-19H2,1-2H3. The van der Waals surface area contributed by atoms with Crippen LogP contribution in [-0.2, 0) is 24.3 Å². The maximum absolute atomic E-state index is 13.6. The molecule has 0 radical (unpaired) electrons. The van der Waals surface area contributed by atoms with Gasteiger partial charge in [0.05, 0.1) is 12.0 Å². The van der Waals surface area contributed by atoms with Gasteiger partial charge in [-0.2, -0.15) is 4.31 Å². The second-order valence-corrected chi connectivity index (χ2v) is 10.6. The van der Waals surface area contributed by atoms with Crippen LogP contribution in [0.1, 0.15) is 16.7 Å². The lowest BCUT2D eigenvalue weighted by atomic mass is 9.78. The Morgan fingerprint density at radius 3 is 2.11 bits per heavy atom. The molecule has 1 atom stereocenters. The van der Waals surface area contributed by atoms with Gasteiger partial charge in [0.25, 0.3) is 0 Å². The zero-order valence-corrected chi connectivity index (χ0v) is 20.3. The zero-order valence-electron chi connectivity index (χ0n) is 19.5. The van der Waals surface area contributed by atoms with Crippen LogP contribution in [0, 0.1) is 12.3 Å². The second-order valence-electron chi connectivity index (χ2n) is 8.70. The van der Waals surface area contributed by atoms with E-state index in [0.717, 1.165) is 16.7 Å². The fourth-order valence-corrected chi connectivity index (χ4v) is 6.06. The average molecular weight is 488 g/mol. The first kappa shape index (κ1) is 23.1. The van der Waals surface area contributed by atoms with Gasteiger partial charge >= 0.3 is 5.97 Å². The Hall–Kier alpha value is -3.68. The van der Waals surface area contributed by atoms with Crippen molar-refractivity contribution >= 4 is 27.5 Å². The van der Waals surface area contributed by atoms with Crippen LogP contribution in [-0.4, -0.2) is 38.9 Å². The molecule has 1 saturated heterocycles. The number of rotatable bonds is 5. The summed E-state index contributed by atoms with van der Waals surface area (Å²) in [6.07, 6.45) is 1.71. The molecule has 0 N–H and O–H groups in total. The molecule has 2 aliphatic heterocycles. The maximum Gasteiger partial charge on any atom is 0.321 e. The summed E-state index contributed by atoms with van der Waals surface area (Å²) in [5, 5.41) is 0. The Morgan fingerprint density at radius 1 is 0.914 bits per heavy atom. The quantitative estimate of drug-likeness (QED) is 0.490. The number of hydrogen-bond acceptors (Lipinski definition) is 5. The van der Waals surface area contributed by atoms with Gasteiger partial charge in [-0.15, -0.1) is 0 Å². The Labute approximate surface area is 205 Å². The van der Waals surface area contributed by atoms with E-state index >= 15 is 0 Å². The molecule has 0 bridgehead atoms. The summed E-state index contributed by atoms with van der Waals surface area (Å²) >= 11 is 0. The predicted octanol–water partition coefficient (Wildman–Crippen LogP) is 4.64. The number of hydrogen-bond donors (Lipinski definition) is 0.